The molecule has 0 aliphatic heterocycles. The van der Waals surface area contributed by atoms with E-state index in [-0.39, 0.29) is 18.4 Å². The molecule has 0 spiro atoms. The molecule has 0 aliphatic rings. The Labute approximate surface area is 127 Å². The molecule has 0 fully saturated rings. The van der Waals surface area contributed by atoms with Gasteiger partial charge < -0.3 is 15.3 Å². The minimum absolute atomic E-state index is 0.0290. The van der Waals surface area contributed by atoms with Gasteiger partial charge in [0.05, 0.1) is 11.4 Å². The van der Waals surface area contributed by atoms with Gasteiger partial charge in [0.15, 0.2) is 0 Å². The Morgan fingerprint density at radius 2 is 2.14 bits per heavy atom. The third kappa shape index (κ3) is 5.39. The average Bonchev–Trinajstić information content (AvgIpc) is 2.90. The van der Waals surface area contributed by atoms with Gasteiger partial charge in [-0.2, -0.15) is 0 Å². The smallest absolute Gasteiger partial charge is 0.328 e. The van der Waals surface area contributed by atoms with E-state index < -0.39 is 5.97 Å². The van der Waals surface area contributed by atoms with E-state index in [1.807, 2.05) is 6.92 Å². The molecule has 1 heterocycles. The van der Waals surface area contributed by atoms with Gasteiger partial charge in [-0.1, -0.05) is 6.92 Å². The number of carbonyl (C=O) groups excluding carboxylic acids is 2. The van der Waals surface area contributed by atoms with Crippen molar-refractivity contribution in [3.05, 3.63) is 28.0 Å². The second-order valence-corrected chi connectivity index (χ2v) is 5.30. The summed E-state index contributed by atoms with van der Waals surface area (Å²) in [5.74, 6) is -1.60. The normalized spacial score (nSPS) is 10.6. The summed E-state index contributed by atoms with van der Waals surface area (Å²) >= 11 is 1.22. The van der Waals surface area contributed by atoms with Crippen LogP contribution in [0.5, 0.6) is 0 Å². The number of nitrogens with zero attached hydrogens (tertiary/aromatic N) is 1. The van der Waals surface area contributed by atoms with Crippen LogP contribution in [-0.2, 0) is 9.59 Å². The van der Waals surface area contributed by atoms with Gasteiger partial charge in [0.25, 0.3) is 5.91 Å². The van der Waals surface area contributed by atoms with Crippen molar-refractivity contribution in [2.24, 2.45) is 0 Å². The number of carbonyl (C=O) groups is 3. The zero-order chi connectivity index (χ0) is 15.8. The van der Waals surface area contributed by atoms with E-state index in [0.29, 0.717) is 17.0 Å². The first-order chi connectivity index (χ1) is 9.95. The SMILES string of the molecule is CCCNC(=O)CN(C)C(=O)c1sccc1C=CC(=O)O. The molecule has 0 aromatic carbocycles. The summed E-state index contributed by atoms with van der Waals surface area (Å²) in [6.07, 6.45) is 3.18. The molecule has 2 N–H and O–H groups in total. The number of carboxylic acids is 1. The highest BCUT2D eigenvalue weighted by Crippen LogP contribution is 2.20. The Hall–Kier alpha value is -2.15. The lowest BCUT2D eigenvalue weighted by molar-refractivity contribution is -0.131. The number of amides is 2. The molecule has 0 saturated heterocycles. The number of hydrogen-bond donors (Lipinski definition) is 2. The molecule has 6 nitrogen and oxygen atoms in total. The standard InChI is InChI=1S/C14H18N2O4S/c1-3-7-15-11(17)9-16(2)14(20)13-10(6-8-21-13)4-5-12(18)19/h4-6,8H,3,7,9H2,1-2H3,(H,15,17)(H,18,19). The molecule has 1 aromatic rings. The molecule has 1 rings (SSSR count). The summed E-state index contributed by atoms with van der Waals surface area (Å²) in [6, 6.07) is 1.67. The molecule has 0 aliphatic carbocycles. The van der Waals surface area contributed by atoms with Gasteiger partial charge in [-0.05, 0) is 29.5 Å². The Morgan fingerprint density at radius 3 is 2.76 bits per heavy atom. The van der Waals surface area contributed by atoms with E-state index in [0.717, 1.165) is 12.5 Å². The first kappa shape index (κ1) is 16.9. The van der Waals surface area contributed by atoms with E-state index in [9.17, 15) is 14.4 Å². The molecular weight excluding hydrogens is 292 g/mol. The summed E-state index contributed by atoms with van der Waals surface area (Å²) in [5, 5.41) is 13.0. The zero-order valence-electron chi connectivity index (χ0n) is 12.0. The largest absolute Gasteiger partial charge is 0.478 e. The van der Waals surface area contributed by atoms with Crippen LogP contribution >= 0.6 is 11.3 Å². The quantitative estimate of drug-likeness (QED) is 0.746. The number of likely N-dealkylation sites (N-methyl/N-ethyl adjacent to an activating group) is 1. The molecule has 0 atom stereocenters. The molecule has 0 bridgehead atoms. The first-order valence-electron chi connectivity index (χ1n) is 6.46. The van der Waals surface area contributed by atoms with Crippen molar-refractivity contribution in [3.63, 3.8) is 0 Å². The first-order valence-corrected chi connectivity index (χ1v) is 7.34. The van der Waals surface area contributed by atoms with Gasteiger partial charge in [-0.25, -0.2) is 4.79 Å². The minimum atomic E-state index is -1.08. The van der Waals surface area contributed by atoms with Crippen LogP contribution in [0.4, 0.5) is 0 Å². The lowest BCUT2D eigenvalue weighted by Crippen LogP contribution is -2.38. The highest BCUT2D eigenvalue weighted by Gasteiger charge is 2.18. The van der Waals surface area contributed by atoms with Crippen molar-refractivity contribution < 1.29 is 19.5 Å². The summed E-state index contributed by atoms with van der Waals surface area (Å²) in [7, 11) is 1.54. The lowest BCUT2D eigenvalue weighted by atomic mass is 10.2. The maximum Gasteiger partial charge on any atom is 0.328 e. The van der Waals surface area contributed by atoms with Gasteiger partial charge in [0.1, 0.15) is 0 Å². The Kier molecular flexibility index (Phi) is 6.61. The summed E-state index contributed by atoms with van der Waals surface area (Å²) in [5.41, 5.74) is 0.535. The molecular formula is C14H18N2O4S. The van der Waals surface area contributed by atoms with Crippen molar-refractivity contribution in [2.75, 3.05) is 20.1 Å². The molecule has 114 valence electrons. The second kappa shape index (κ2) is 8.21. The minimum Gasteiger partial charge on any atom is -0.478 e. The topological polar surface area (TPSA) is 86.7 Å². The fourth-order valence-corrected chi connectivity index (χ4v) is 2.45. The van der Waals surface area contributed by atoms with E-state index in [1.54, 1.807) is 11.4 Å². The third-order valence-electron chi connectivity index (χ3n) is 2.60. The van der Waals surface area contributed by atoms with Crippen molar-refractivity contribution >= 4 is 35.2 Å². The summed E-state index contributed by atoms with van der Waals surface area (Å²) < 4.78 is 0. The fraction of sp³-hybridized carbons (Fsp3) is 0.357. The molecule has 2 amide bonds. The van der Waals surface area contributed by atoms with Crippen LogP contribution in [0.2, 0.25) is 0 Å². The summed E-state index contributed by atoms with van der Waals surface area (Å²) in [6.45, 7) is 2.49. The molecule has 1 aromatic heterocycles. The van der Waals surface area contributed by atoms with E-state index >= 15 is 0 Å². The molecule has 21 heavy (non-hydrogen) atoms. The van der Waals surface area contributed by atoms with Gasteiger partial charge in [-0.3, -0.25) is 9.59 Å². The average molecular weight is 310 g/mol. The molecule has 7 heteroatoms. The Bertz CT molecular complexity index is 551. The molecule has 0 radical (unpaired) electrons. The van der Waals surface area contributed by atoms with Crippen LogP contribution in [0.15, 0.2) is 17.5 Å². The van der Waals surface area contributed by atoms with Gasteiger partial charge in [-0.15, -0.1) is 11.3 Å². The maximum absolute atomic E-state index is 12.3. The lowest BCUT2D eigenvalue weighted by Gasteiger charge is -2.16. The number of nitrogens with one attached hydrogen (secondary N) is 1. The number of carboxylic acid groups (broad SMARTS) is 1. The van der Waals surface area contributed by atoms with Crippen molar-refractivity contribution in [1.82, 2.24) is 10.2 Å². The van der Waals surface area contributed by atoms with Crippen LogP contribution in [0.1, 0.15) is 28.6 Å². The number of aliphatic carboxylic acids is 1. The van der Waals surface area contributed by atoms with Crippen LogP contribution in [-0.4, -0.2) is 47.9 Å². The van der Waals surface area contributed by atoms with E-state index in [2.05, 4.69) is 5.32 Å². The van der Waals surface area contributed by atoms with Crippen molar-refractivity contribution in [3.8, 4) is 0 Å². The monoisotopic (exact) mass is 310 g/mol. The molecule has 0 saturated carbocycles. The predicted molar refractivity (Wildman–Crippen MR) is 81.3 cm³/mol. The fourth-order valence-electron chi connectivity index (χ4n) is 1.57. The van der Waals surface area contributed by atoms with Crippen LogP contribution in [0.3, 0.4) is 0 Å². The number of thiophene rings is 1. The van der Waals surface area contributed by atoms with E-state index in [4.69, 9.17) is 5.11 Å². The number of rotatable bonds is 7. The van der Waals surface area contributed by atoms with E-state index in [1.165, 1.54) is 29.4 Å². The zero-order valence-corrected chi connectivity index (χ0v) is 12.8. The highest BCUT2D eigenvalue weighted by atomic mass is 32.1. The summed E-state index contributed by atoms with van der Waals surface area (Å²) in [4.78, 5) is 36.1. The second-order valence-electron chi connectivity index (χ2n) is 4.39. The van der Waals surface area contributed by atoms with Gasteiger partial charge in [0, 0.05) is 19.7 Å². The predicted octanol–water partition coefficient (Wildman–Crippen LogP) is 1.44. The highest BCUT2D eigenvalue weighted by molar-refractivity contribution is 7.12. The van der Waals surface area contributed by atoms with Crippen LogP contribution < -0.4 is 5.32 Å². The Balaban J connectivity index is 2.72. The maximum atomic E-state index is 12.3. The van der Waals surface area contributed by atoms with Gasteiger partial charge >= 0.3 is 5.97 Å². The van der Waals surface area contributed by atoms with Crippen molar-refractivity contribution in [2.45, 2.75) is 13.3 Å². The Morgan fingerprint density at radius 1 is 1.43 bits per heavy atom. The number of hydrogen-bond acceptors (Lipinski definition) is 4. The van der Waals surface area contributed by atoms with Gasteiger partial charge in [0.2, 0.25) is 5.91 Å². The third-order valence-corrected chi connectivity index (χ3v) is 3.51. The van der Waals surface area contributed by atoms with Crippen LogP contribution in [0.25, 0.3) is 6.08 Å². The molecule has 0 unspecified atom stereocenters. The van der Waals surface area contributed by atoms with Crippen LogP contribution in [0, 0.1) is 0 Å². The van der Waals surface area contributed by atoms with Crippen molar-refractivity contribution in [1.29, 1.82) is 0 Å².